The van der Waals surface area contributed by atoms with Gasteiger partial charge in [-0.2, -0.15) is 11.8 Å². The van der Waals surface area contributed by atoms with Crippen molar-refractivity contribution in [3.8, 4) is 0 Å². The molecule has 0 N–H and O–H groups in total. The number of hydrogen-bond donors (Lipinski definition) is 0. The van der Waals surface area contributed by atoms with Gasteiger partial charge in [0, 0.05) is 5.92 Å². The van der Waals surface area contributed by atoms with E-state index in [1.165, 1.54) is 0 Å². The number of piperidine rings is 1. The summed E-state index contributed by atoms with van der Waals surface area (Å²) in [7, 11) is 2.12. The summed E-state index contributed by atoms with van der Waals surface area (Å²) in [5.41, 5.74) is 0. The molecule has 0 unspecified atom stereocenters. The standard InChI is InChI=1S/C9H17NOS/c1-10-5-3-8(4-6-10)9(11)7-12-2/h8H,3-7H2,1-2H3. The molecule has 1 fully saturated rings. The van der Waals surface area contributed by atoms with Crippen molar-refractivity contribution in [3.63, 3.8) is 0 Å². The molecule has 1 rings (SSSR count). The summed E-state index contributed by atoms with van der Waals surface area (Å²) < 4.78 is 0. The number of carbonyl (C=O) groups is 1. The van der Waals surface area contributed by atoms with Crippen molar-refractivity contribution in [2.75, 3.05) is 32.1 Å². The van der Waals surface area contributed by atoms with Crippen LogP contribution in [0.25, 0.3) is 0 Å². The number of rotatable bonds is 3. The average molecular weight is 187 g/mol. The molecular formula is C9H17NOS. The van der Waals surface area contributed by atoms with Gasteiger partial charge in [-0.05, 0) is 39.2 Å². The molecule has 12 heavy (non-hydrogen) atoms. The average Bonchev–Trinajstić information content (AvgIpc) is 2.06. The SMILES string of the molecule is CSCC(=O)C1CCN(C)CC1. The summed E-state index contributed by atoms with van der Waals surface area (Å²) in [6.45, 7) is 2.18. The smallest absolute Gasteiger partial charge is 0.145 e. The van der Waals surface area contributed by atoms with Crippen LogP contribution in [0.1, 0.15) is 12.8 Å². The van der Waals surface area contributed by atoms with Gasteiger partial charge in [0.05, 0.1) is 5.75 Å². The first-order chi connectivity index (χ1) is 5.74. The molecule has 0 bridgehead atoms. The third-order valence-corrected chi connectivity index (χ3v) is 3.03. The summed E-state index contributed by atoms with van der Waals surface area (Å²) in [6, 6.07) is 0. The predicted octanol–water partition coefficient (Wildman–Crippen LogP) is 1.26. The molecular weight excluding hydrogens is 170 g/mol. The van der Waals surface area contributed by atoms with E-state index in [2.05, 4.69) is 11.9 Å². The number of nitrogens with zero attached hydrogens (tertiary/aromatic N) is 1. The monoisotopic (exact) mass is 187 g/mol. The second-order valence-corrected chi connectivity index (χ2v) is 4.34. The molecule has 1 aliphatic rings. The van der Waals surface area contributed by atoms with Gasteiger partial charge >= 0.3 is 0 Å². The lowest BCUT2D eigenvalue weighted by Gasteiger charge is -2.27. The Hall–Kier alpha value is -0.0200. The summed E-state index contributed by atoms with van der Waals surface area (Å²) in [4.78, 5) is 13.8. The van der Waals surface area contributed by atoms with Crippen molar-refractivity contribution < 1.29 is 4.79 Å². The molecule has 1 aliphatic heterocycles. The first-order valence-electron chi connectivity index (χ1n) is 4.44. The van der Waals surface area contributed by atoms with Crippen molar-refractivity contribution >= 4 is 17.5 Å². The fourth-order valence-electron chi connectivity index (χ4n) is 1.59. The fourth-order valence-corrected chi connectivity index (χ4v) is 2.11. The Bertz CT molecular complexity index is 153. The Morgan fingerprint density at radius 2 is 2.08 bits per heavy atom. The number of hydrogen-bond acceptors (Lipinski definition) is 3. The molecule has 0 radical (unpaired) electrons. The maximum absolute atomic E-state index is 11.5. The molecule has 1 saturated heterocycles. The molecule has 2 nitrogen and oxygen atoms in total. The van der Waals surface area contributed by atoms with Crippen LogP contribution in [0.3, 0.4) is 0 Å². The zero-order valence-corrected chi connectivity index (χ0v) is 8.69. The van der Waals surface area contributed by atoms with Gasteiger partial charge in [0.25, 0.3) is 0 Å². The Morgan fingerprint density at radius 3 is 2.58 bits per heavy atom. The lowest BCUT2D eigenvalue weighted by molar-refractivity contribution is -0.121. The van der Waals surface area contributed by atoms with Gasteiger partial charge in [-0.1, -0.05) is 0 Å². The number of Topliss-reactive ketones (excluding diaryl/α,β-unsaturated/α-hetero) is 1. The van der Waals surface area contributed by atoms with Crippen molar-refractivity contribution in [3.05, 3.63) is 0 Å². The molecule has 0 spiro atoms. The van der Waals surface area contributed by atoms with Gasteiger partial charge in [0.15, 0.2) is 0 Å². The maximum Gasteiger partial charge on any atom is 0.145 e. The third-order valence-electron chi connectivity index (χ3n) is 2.46. The summed E-state index contributed by atoms with van der Waals surface area (Å²) in [6.07, 6.45) is 4.12. The molecule has 0 aromatic rings. The second-order valence-electron chi connectivity index (χ2n) is 3.48. The van der Waals surface area contributed by atoms with Crippen molar-refractivity contribution in [2.45, 2.75) is 12.8 Å². The zero-order chi connectivity index (χ0) is 8.97. The van der Waals surface area contributed by atoms with Crippen LogP contribution >= 0.6 is 11.8 Å². The van der Waals surface area contributed by atoms with E-state index in [9.17, 15) is 4.79 Å². The van der Waals surface area contributed by atoms with Crippen molar-refractivity contribution in [2.24, 2.45) is 5.92 Å². The topological polar surface area (TPSA) is 20.3 Å². The van der Waals surface area contributed by atoms with E-state index >= 15 is 0 Å². The van der Waals surface area contributed by atoms with Gasteiger partial charge in [-0.15, -0.1) is 0 Å². The van der Waals surface area contributed by atoms with E-state index in [4.69, 9.17) is 0 Å². The third kappa shape index (κ3) is 2.79. The molecule has 0 saturated carbocycles. The van der Waals surface area contributed by atoms with Crippen LogP contribution in [0.2, 0.25) is 0 Å². The van der Waals surface area contributed by atoms with Gasteiger partial charge in [0.2, 0.25) is 0 Å². The largest absolute Gasteiger partial charge is 0.306 e. The van der Waals surface area contributed by atoms with Gasteiger partial charge < -0.3 is 4.90 Å². The van der Waals surface area contributed by atoms with E-state index in [1.807, 2.05) is 6.26 Å². The van der Waals surface area contributed by atoms with E-state index in [0.717, 1.165) is 25.9 Å². The van der Waals surface area contributed by atoms with Gasteiger partial charge in [-0.25, -0.2) is 0 Å². The Morgan fingerprint density at radius 1 is 1.50 bits per heavy atom. The minimum absolute atomic E-state index is 0.355. The number of ketones is 1. The first kappa shape index (κ1) is 10.1. The summed E-state index contributed by atoms with van der Waals surface area (Å²) in [5, 5.41) is 0. The number of thioether (sulfide) groups is 1. The summed E-state index contributed by atoms with van der Waals surface area (Å²) >= 11 is 1.64. The van der Waals surface area contributed by atoms with E-state index < -0.39 is 0 Å². The van der Waals surface area contributed by atoms with Crippen LogP contribution in [0, 0.1) is 5.92 Å². The quantitative estimate of drug-likeness (QED) is 0.663. The minimum Gasteiger partial charge on any atom is -0.306 e. The number of likely N-dealkylation sites (tertiary alicyclic amines) is 1. The highest BCUT2D eigenvalue weighted by molar-refractivity contribution is 7.99. The van der Waals surface area contributed by atoms with Crippen LogP contribution in [0.4, 0.5) is 0 Å². The zero-order valence-electron chi connectivity index (χ0n) is 7.88. The summed E-state index contributed by atoms with van der Waals surface area (Å²) in [5.74, 6) is 1.51. The molecule has 0 aliphatic carbocycles. The first-order valence-corrected chi connectivity index (χ1v) is 5.83. The fraction of sp³-hybridized carbons (Fsp3) is 0.889. The Balaban J connectivity index is 2.29. The van der Waals surface area contributed by atoms with Gasteiger partial charge in [0.1, 0.15) is 5.78 Å². The van der Waals surface area contributed by atoms with Crippen LogP contribution in [0.15, 0.2) is 0 Å². The second kappa shape index (κ2) is 4.87. The van der Waals surface area contributed by atoms with Crippen LogP contribution in [0.5, 0.6) is 0 Å². The lowest BCUT2D eigenvalue weighted by atomic mass is 9.94. The normalized spacial score (nSPS) is 21.2. The maximum atomic E-state index is 11.5. The molecule has 70 valence electrons. The predicted molar refractivity (Wildman–Crippen MR) is 53.6 cm³/mol. The molecule has 0 amide bonds. The highest BCUT2D eigenvalue weighted by Crippen LogP contribution is 2.18. The molecule has 1 heterocycles. The minimum atomic E-state index is 0.355. The van der Waals surface area contributed by atoms with E-state index in [1.54, 1.807) is 11.8 Å². The van der Waals surface area contributed by atoms with Crippen LogP contribution in [-0.2, 0) is 4.79 Å². The van der Waals surface area contributed by atoms with Gasteiger partial charge in [-0.3, -0.25) is 4.79 Å². The van der Waals surface area contributed by atoms with Crippen molar-refractivity contribution in [1.29, 1.82) is 0 Å². The Kier molecular flexibility index (Phi) is 4.09. The lowest BCUT2D eigenvalue weighted by Crippen LogP contribution is -2.34. The van der Waals surface area contributed by atoms with Crippen LogP contribution in [-0.4, -0.2) is 42.8 Å². The number of carbonyl (C=O) groups excluding carboxylic acids is 1. The van der Waals surface area contributed by atoms with Crippen molar-refractivity contribution in [1.82, 2.24) is 4.90 Å². The molecule has 0 atom stereocenters. The molecule has 0 aromatic heterocycles. The highest BCUT2D eigenvalue weighted by Gasteiger charge is 2.22. The highest BCUT2D eigenvalue weighted by atomic mass is 32.2. The Labute approximate surface area is 78.7 Å². The molecule has 0 aromatic carbocycles. The van der Waals surface area contributed by atoms with Crippen LogP contribution < -0.4 is 0 Å². The van der Waals surface area contributed by atoms with E-state index in [0.29, 0.717) is 17.5 Å². The van der Waals surface area contributed by atoms with E-state index in [-0.39, 0.29) is 0 Å². The molecule has 3 heteroatoms.